The summed E-state index contributed by atoms with van der Waals surface area (Å²) in [5.41, 5.74) is 1.99. The van der Waals surface area contributed by atoms with Gasteiger partial charge in [0.1, 0.15) is 5.75 Å². The van der Waals surface area contributed by atoms with E-state index < -0.39 is 5.72 Å². The maximum Gasteiger partial charge on any atom is 0.191 e. The molecule has 1 saturated heterocycles. The summed E-state index contributed by atoms with van der Waals surface area (Å²) in [7, 11) is 2.14. The summed E-state index contributed by atoms with van der Waals surface area (Å²) in [6, 6.07) is 6.18. The molecule has 0 N–H and O–H groups in total. The van der Waals surface area contributed by atoms with E-state index >= 15 is 0 Å². The maximum atomic E-state index is 6.55. The monoisotopic (exact) mass is 373 g/mol. The Bertz CT molecular complexity index is 702. The first-order chi connectivity index (χ1) is 10.9. The van der Waals surface area contributed by atoms with Gasteiger partial charge in [-0.3, -0.25) is 4.90 Å². The van der Waals surface area contributed by atoms with Crippen LogP contribution in [0.15, 0.2) is 52.5 Å². The third kappa shape index (κ3) is 2.60. The van der Waals surface area contributed by atoms with Crippen LogP contribution in [0.3, 0.4) is 0 Å². The molecule has 0 amide bonds. The highest BCUT2D eigenvalue weighted by Gasteiger charge is 2.57. The van der Waals surface area contributed by atoms with Crippen molar-refractivity contribution >= 4 is 22.0 Å². The minimum atomic E-state index is -0.431. The molecule has 2 aliphatic heterocycles. The second-order valence-electron chi connectivity index (χ2n) is 6.82. The Morgan fingerprint density at radius 1 is 1.35 bits per heavy atom. The highest BCUT2D eigenvalue weighted by atomic mass is 79.9. The van der Waals surface area contributed by atoms with Crippen molar-refractivity contribution < 1.29 is 4.74 Å². The van der Waals surface area contributed by atoms with E-state index in [1.54, 1.807) is 0 Å². The number of benzene rings is 1. The van der Waals surface area contributed by atoms with Gasteiger partial charge in [0.2, 0.25) is 0 Å². The lowest BCUT2D eigenvalue weighted by Crippen LogP contribution is -2.54. The lowest BCUT2D eigenvalue weighted by atomic mass is 9.76. The van der Waals surface area contributed by atoms with Crippen LogP contribution in [-0.4, -0.2) is 24.2 Å². The van der Waals surface area contributed by atoms with Crippen molar-refractivity contribution in [3.63, 3.8) is 0 Å². The largest absolute Gasteiger partial charge is 0.467 e. The van der Waals surface area contributed by atoms with Crippen molar-refractivity contribution in [1.82, 2.24) is 4.90 Å². The molecular formula is C20H24BrNO. The Kier molecular flexibility index (Phi) is 4.28. The quantitative estimate of drug-likeness (QED) is 0.686. The molecule has 1 atom stereocenters. The first-order valence-corrected chi connectivity index (χ1v) is 8.95. The van der Waals surface area contributed by atoms with E-state index in [2.05, 4.69) is 85.1 Å². The number of fused-ring (bicyclic) bond motifs is 1. The molecule has 2 heterocycles. The summed E-state index contributed by atoms with van der Waals surface area (Å²) in [4.78, 5) is 2.31. The van der Waals surface area contributed by atoms with Gasteiger partial charge in [-0.1, -0.05) is 54.9 Å². The number of halogens is 1. The molecule has 3 heteroatoms. The minimum Gasteiger partial charge on any atom is -0.467 e. The summed E-state index contributed by atoms with van der Waals surface area (Å²) in [6.07, 6.45) is 12.1. The second-order valence-corrected chi connectivity index (χ2v) is 7.74. The number of nitrogens with zero attached hydrogens (tertiary/aromatic N) is 1. The van der Waals surface area contributed by atoms with Crippen LogP contribution in [0.4, 0.5) is 0 Å². The van der Waals surface area contributed by atoms with Crippen LogP contribution in [0.1, 0.15) is 32.8 Å². The SMILES string of the molecule is CC/C=C\C=C1/CN(C)C2(C=Cc3cc(Br)ccc3O2)C1(C)C. The maximum absolute atomic E-state index is 6.55. The molecule has 0 aliphatic carbocycles. The smallest absolute Gasteiger partial charge is 0.191 e. The number of rotatable bonds is 2. The van der Waals surface area contributed by atoms with E-state index in [1.807, 2.05) is 12.1 Å². The van der Waals surface area contributed by atoms with Crippen LogP contribution in [-0.2, 0) is 0 Å². The molecule has 0 saturated carbocycles. The highest BCUT2D eigenvalue weighted by molar-refractivity contribution is 9.10. The van der Waals surface area contributed by atoms with Crippen molar-refractivity contribution in [3.8, 4) is 5.75 Å². The molecule has 0 aromatic heterocycles. The van der Waals surface area contributed by atoms with E-state index in [0.29, 0.717) is 0 Å². The Hall–Kier alpha value is -1.32. The third-order valence-corrected chi connectivity index (χ3v) is 5.56. The summed E-state index contributed by atoms with van der Waals surface area (Å²) < 4.78 is 7.63. The molecule has 1 aromatic rings. The number of likely N-dealkylation sites (N-methyl/N-ethyl adjacent to an activating group) is 1. The summed E-state index contributed by atoms with van der Waals surface area (Å²) in [5.74, 6) is 0.945. The number of likely N-dealkylation sites (tertiary alicyclic amines) is 1. The van der Waals surface area contributed by atoms with Gasteiger partial charge in [0.25, 0.3) is 0 Å². The van der Waals surface area contributed by atoms with Gasteiger partial charge in [-0.15, -0.1) is 0 Å². The minimum absolute atomic E-state index is 0.0961. The molecule has 1 spiro atoms. The van der Waals surface area contributed by atoms with Crippen molar-refractivity contribution in [2.45, 2.75) is 32.9 Å². The summed E-state index contributed by atoms with van der Waals surface area (Å²) >= 11 is 3.53. The van der Waals surface area contributed by atoms with Crippen LogP contribution < -0.4 is 4.74 Å². The van der Waals surface area contributed by atoms with Crippen LogP contribution >= 0.6 is 15.9 Å². The van der Waals surface area contributed by atoms with Gasteiger partial charge < -0.3 is 4.74 Å². The fourth-order valence-corrected chi connectivity index (χ4v) is 3.93. The third-order valence-electron chi connectivity index (χ3n) is 5.07. The van der Waals surface area contributed by atoms with E-state index in [-0.39, 0.29) is 5.41 Å². The van der Waals surface area contributed by atoms with Crippen LogP contribution in [0.25, 0.3) is 6.08 Å². The second kappa shape index (κ2) is 5.95. The molecule has 2 aliphatic rings. The Morgan fingerprint density at radius 3 is 2.87 bits per heavy atom. The van der Waals surface area contributed by atoms with Crippen molar-refractivity contribution in [2.24, 2.45) is 5.41 Å². The van der Waals surface area contributed by atoms with Crippen molar-refractivity contribution in [1.29, 1.82) is 0 Å². The number of ether oxygens (including phenoxy) is 1. The molecule has 1 fully saturated rings. The fourth-order valence-electron chi connectivity index (χ4n) is 3.55. The Morgan fingerprint density at radius 2 is 2.13 bits per heavy atom. The van der Waals surface area contributed by atoms with Gasteiger partial charge in [0.05, 0.1) is 0 Å². The first kappa shape index (κ1) is 16.5. The van der Waals surface area contributed by atoms with Gasteiger partial charge in [-0.25, -0.2) is 0 Å². The molecule has 1 aromatic carbocycles. The number of hydrogen-bond donors (Lipinski definition) is 0. The standard InChI is InChI=1S/C20H24BrNO/c1-5-6-7-8-16-14-22(4)20(19(16,2)3)12-11-15-13-17(21)9-10-18(15)23-20/h6-13H,5,14H2,1-4H3/b7-6-,16-8+. The van der Waals surface area contributed by atoms with E-state index in [1.165, 1.54) is 5.57 Å². The Balaban J connectivity index is 2.01. The number of hydrogen-bond acceptors (Lipinski definition) is 2. The molecule has 1 unspecified atom stereocenters. The van der Waals surface area contributed by atoms with Gasteiger partial charge in [0.15, 0.2) is 5.72 Å². The zero-order valence-corrected chi connectivity index (χ0v) is 15.9. The van der Waals surface area contributed by atoms with Gasteiger partial charge >= 0.3 is 0 Å². The molecule has 0 bridgehead atoms. The topological polar surface area (TPSA) is 12.5 Å². The Labute approximate surface area is 147 Å². The molecule has 23 heavy (non-hydrogen) atoms. The highest BCUT2D eigenvalue weighted by Crippen LogP contribution is 2.52. The van der Waals surface area contributed by atoms with Crippen LogP contribution in [0.2, 0.25) is 0 Å². The number of allylic oxidation sites excluding steroid dienone is 3. The molecule has 122 valence electrons. The normalized spacial score (nSPS) is 27.8. The molecule has 3 rings (SSSR count). The zero-order valence-electron chi connectivity index (χ0n) is 14.3. The average molecular weight is 374 g/mol. The van der Waals surface area contributed by atoms with Crippen LogP contribution in [0.5, 0.6) is 5.75 Å². The van der Waals surface area contributed by atoms with Crippen LogP contribution in [0, 0.1) is 5.41 Å². The lowest BCUT2D eigenvalue weighted by Gasteiger charge is -2.45. The van der Waals surface area contributed by atoms with Gasteiger partial charge in [-0.05, 0) is 49.4 Å². The predicted molar refractivity (Wildman–Crippen MR) is 100 cm³/mol. The molecule has 2 nitrogen and oxygen atoms in total. The van der Waals surface area contributed by atoms with Crippen molar-refractivity contribution in [2.75, 3.05) is 13.6 Å². The summed E-state index contributed by atoms with van der Waals surface area (Å²) in [6.45, 7) is 7.62. The lowest BCUT2D eigenvalue weighted by molar-refractivity contribution is -0.0622. The predicted octanol–water partition coefficient (Wildman–Crippen LogP) is 5.42. The first-order valence-electron chi connectivity index (χ1n) is 8.16. The van der Waals surface area contributed by atoms with Crippen molar-refractivity contribution in [3.05, 3.63) is 58.1 Å². The van der Waals surface area contributed by atoms with E-state index in [4.69, 9.17) is 4.74 Å². The average Bonchev–Trinajstić information content (AvgIpc) is 2.69. The summed E-state index contributed by atoms with van der Waals surface area (Å²) in [5, 5.41) is 0. The van der Waals surface area contributed by atoms with E-state index in [9.17, 15) is 0 Å². The molecule has 0 radical (unpaired) electrons. The fraction of sp³-hybridized carbons (Fsp3) is 0.400. The van der Waals surface area contributed by atoms with Gasteiger partial charge in [0, 0.05) is 22.0 Å². The molecular weight excluding hydrogens is 350 g/mol. The van der Waals surface area contributed by atoms with E-state index in [0.717, 1.165) is 28.8 Å². The van der Waals surface area contributed by atoms with Gasteiger partial charge in [-0.2, -0.15) is 0 Å². The zero-order chi connectivity index (χ0) is 16.7.